The molecule has 0 spiro atoms. The van der Waals surface area contributed by atoms with Crippen LogP contribution in [0.5, 0.6) is 0 Å². The summed E-state index contributed by atoms with van der Waals surface area (Å²) >= 11 is 0. The number of benzene rings is 2. The van der Waals surface area contributed by atoms with E-state index in [-0.39, 0.29) is 11.8 Å². The largest absolute Gasteiger partial charge is 0.465 e. The van der Waals surface area contributed by atoms with Gasteiger partial charge in [-0.2, -0.15) is 0 Å². The highest BCUT2D eigenvalue weighted by molar-refractivity contribution is 6.47. The summed E-state index contributed by atoms with van der Waals surface area (Å²) < 4.78 is 18.2. The molecule has 0 bridgehead atoms. The zero-order chi connectivity index (χ0) is 17.3. The fraction of sp³-hybridized carbons (Fsp3) is 0.250. The summed E-state index contributed by atoms with van der Waals surface area (Å²) in [7, 11) is 7.83. The number of ether oxygens (including phenoxy) is 1. The highest BCUT2D eigenvalue weighted by Gasteiger charge is 2.18. The second-order valence-corrected chi connectivity index (χ2v) is 6.07. The van der Waals surface area contributed by atoms with Crippen LogP contribution in [-0.4, -0.2) is 20.9 Å². The minimum Gasteiger partial charge on any atom is -0.465 e. The summed E-state index contributed by atoms with van der Waals surface area (Å²) in [5.41, 5.74) is 6.13. The maximum atomic E-state index is 13.4. The first kappa shape index (κ1) is 16.5. The van der Waals surface area contributed by atoms with E-state index < -0.39 is 0 Å². The number of aryl methyl sites for hydroxylation is 2. The van der Waals surface area contributed by atoms with Crippen molar-refractivity contribution in [1.82, 2.24) is 0 Å². The monoisotopic (exact) mass is 320 g/mol. The third kappa shape index (κ3) is 3.01. The molecule has 24 heavy (non-hydrogen) atoms. The minimum absolute atomic E-state index is 0.243. The topological polar surface area (TPSA) is 26.3 Å². The Balaban J connectivity index is 2.11. The molecular weight excluding hydrogens is 302 g/mol. The van der Waals surface area contributed by atoms with Gasteiger partial charge in [-0.05, 0) is 78.3 Å². The zero-order valence-corrected chi connectivity index (χ0v) is 13.9. The minimum atomic E-state index is -0.348. The predicted octanol–water partition coefficient (Wildman–Crippen LogP) is 4.29. The molecular formula is C20H18BFO2. The molecule has 0 unspecified atom stereocenters. The van der Waals surface area contributed by atoms with Gasteiger partial charge in [-0.15, -0.1) is 0 Å². The van der Waals surface area contributed by atoms with Gasteiger partial charge in [-0.1, -0.05) is 17.6 Å². The van der Waals surface area contributed by atoms with Gasteiger partial charge < -0.3 is 4.74 Å². The maximum Gasteiger partial charge on any atom is 0.337 e. The zero-order valence-electron chi connectivity index (χ0n) is 13.9. The second kappa shape index (κ2) is 6.64. The quantitative estimate of drug-likeness (QED) is 0.609. The lowest BCUT2D eigenvalue weighted by molar-refractivity contribution is 0.0600. The molecule has 2 nitrogen and oxygen atoms in total. The third-order valence-electron chi connectivity index (χ3n) is 4.53. The number of allylic oxidation sites excluding steroid dienone is 1. The van der Waals surface area contributed by atoms with Gasteiger partial charge >= 0.3 is 5.97 Å². The first-order chi connectivity index (χ1) is 11.5. The summed E-state index contributed by atoms with van der Waals surface area (Å²) in [6, 6.07) is 10.3. The summed E-state index contributed by atoms with van der Waals surface area (Å²) in [6.45, 7) is 1.89. The summed E-state index contributed by atoms with van der Waals surface area (Å²) in [5.74, 6) is -0.591. The maximum absolute atomic E-state index is 13.4. The molecule has 0 amide bonds. The van der Waals surface area contributed by atoms with Crippen molar-refractivity contribution in [1.29, 1.82) is 0 Å². The number of fused-ring (bicyclic) bond motifs is 1. The van der Waals surface area contributed by atoms with Crippen LogP contribution >= 0.6 is 0 Å². The Labute approximate surface area is 142 Å². The average Bonchev–Trinajstić information content (AvgIpc) is 2.73. The number of esters is 1. The molecule has 0 heterocycles. The van der Waals surface area contributed by atoms with E-state index in [2.05, 4.69) is 0 Å². The van der Waals surface area contributed by atoms with E-state index in [0.717, 1.165) is 47.1 Å². The van der Waals surface area contributed by atoms with Gasteiger partial charge in [0, 0.05) is 0 Å². The van der Waals surface area contributed by atoms with E-state index in [1.807, 2.05) is 19.1 Å². The molecule has 1 aliphatic rings. The average molecular weight is 320 g/mol. The SMILES string of the molecule is [B]C1=C(c2ccc(F)cc2C)CCCc2cc(C(=O)OC)ccc21. The fourth-order valence-electron chi connectivity index (χ4n) is 3.31. The number of carbonyl (C=O) groups is 1. The van der Waals surface area contributed by atoms with Crippen molar-refractivity contribution in [3.8, 4) is 0 Å². The molecule has 0 saturated carbocycles. The van der Waals surface area contributed by atoms with Crippen LogP contribution in [0.3, 0.4) is 0 Å². The normalized spacial score (nSPS) is 14.1. The van der Waals surface area contributed by atoms with Gasteiger partial charge in [0.05, 0.1) is 12.7 Å². The van der Waals surface area contributed by atoms with E-state index in [4.69, 9.17) is 12.6 Å². The summed E-state index contributed by atoms with van der Waals surface area (Å²) in [5, 5.41) is 0. The number of hydrogen-bond donors (Lipinski definition) is 0. The van der Waals surface area contributed by atoms with Crippen molar-refractivity contribution in [2.75, 3.05) is 7.11 Å². The van der Waals surface area contributed by atoms with Gasteiger partial charge in [0.1, 0.15) is 13.7 Å². The molecule has 0 aromatic heterocycles. The highest BCUT2D eigenvalue weighted by Crippen LogP contribution is 2.35. The Bertz CT molecular complexity index is 840. The van der Waals surface area contributed by atoms with E-state index in [1.165, 1.54) is 19.2 Å². The Kier molecular flexibility index (Phi) is 4.56. The van der Waals surface area contributed by atoms with E-state index in [9.17, 15) is 9.18 Å². The van der Waals surface area contributed by atoms with Crippen molar-refractivity contribution in [3.05, 3.63) is 70.0 Å². The third-order valence-corrected chi connectivity index (χ3v) is 4.53. The van der Waals surface area contributed by atoms with Gasteiger partial charge in [0.2, 0.25) is 0 Å². The number of hydrogen-bond acceptors (Lipinski definition) is 2. The van der Waals surface area contributed by atoms with Crippen LogP contribution < -0.4 is 0 Å². The Morgan fingerprint density at radius 3 is 2.58 bits per heavy atom. The summed E-state index contributed by atoms with van der Waals surface area (Å²) in [6.07, 6.45) is 2.58. The van der Waals surface area contributed by atoms with Gasteiger partial charge in [0.25, 0.3) is 0 Å². The van der Waals surface area contributed by atoms with Crippen LogP contribution in [0.25, 0.3) is 11.0 Å². The molecule has 0 aliphatic heterocycles. The standard InChI is InChI=1S/C20H18BFO2/c1-12-10-15(22)7-9-16(12)18-5-3-4-13-11-14(20(23)24-2)6-8-17(13)19(18)21/h6-11H,3-5H2,1-2H3. The number of methoxy groups -OCH3 is 1. The van der Waals surface area contributed by atoms with E-state index >= 15 is 0 Å². The lowest BCUT2D eigenvalue weighted by atomic mass is 9.79. The second-order valence-electron chi connectivity index (χ2n) is 6.07. The molecule has 1 aliphatic carbocycles. The lowest BCUT2D eigenvalue weighted by Crippen LogP contribution is -2.03. The summed E-state index contributed by atoms with van der Waals surface area (Å²) in [4.78, 5) is 11.7. The smallest absolute Gasteiger partial charge is 0.337 e. The van der Waals surface area contributed by atoms with Gasteiger partial charge in [-0.25, -0.2) is 9.18 Å². The molecule has 2 radical (unpaired) electrons. The molecule has 4 heteroatoms. The van der Waals surface area contributed by atoms with Crippen LogP contribution in [0.1, 0.15) is 45.5 Å². The van der Waals surface area contributed by atoms with Gasteiger partial charge in [0.15, 0.2) is 0 Å². The van der Waals surface area contributed by atoms with Crippen LogP contribution in [-0.2, 0) is 11.2 Å². The molecule has 0 N–H and O–H groups in total. The van der Waals surface area contributed by atoms with Crippen molar-refractivity contribution >= 4 is 24.9 Å². The Morgan fingerprint density at radius 1 is 1.12 bits per heavy atom. The number of rotatable bonds is 2. The van der Waals surface area contributed by atoms with Crippen molar-refractivity contribution in [2.24, 2.45) is 0 Å². The van der Waals surface area contributed by atoms with E-state index in [0.29, 0.717) is 11.0 Å². The molecule has 0 fully saturated rings. The molecule has 2 aromatic carbocycles. The van der Waals surface area contributed by atoms with Crippen molar-refractivity contribution in [2.45, 2.75) is 26.2 Å². The van der Waals surface area contributed by atoms with Crippen LogP contribution in [0.4, 0.5) is 4.39 Å². The Hall–Kier alpha value is -2.36. The first-order valence-corrected chi connectivity index (χ1v) is 7.98. The highest BCUT2D eigenvalue weighted by atomic mass is 19.1. The predicted molar refractivity (Wildman–Crippen MR) is 94.4 cm³/mol. The molecule has 3 rings (SSSR count). The van der Waals surface area contributed by atoms with Crippen LogP contribution in [0.15, 0.2) is 36.4 Å². The van der Waals surface area contributed by atoms with E-state index in [1.54, 1.807) is 12.1 Å². The number of carbonyl (C=O) groups excluding carboxylic acids is 1. The molecule has 120 valence electrons. The van der Waals surface area contributed by atoms with Crippen molar-refractivity contribution in [3.63, 3.8) is 0 Å². The Morgan fingerprint density at radius 2 is 1.88 bits per heavy atom. The van der Waals surface area contributed by atoms with Crippen molar-refractivity contribution < 1.29 is 13.9 Å². The van der Waals surface area contributed by atoms with Gasteiger partial charge in [-0.3, -0.25) is 0 Å². The molecule has 0 atom stereocenters. The first-order valence-electron chi connectivity index (χ1n) is 7.98. The number of halogens is 1. The van der Waals surface area contributed by atoms with Crippen LogP contribution in [0.2, 0.25) is 0 Å². The fourth-order valence-corrected chi connectivity index (χ4v) is 3.31. The van der Waals surface area contributed by atoms with Crippen LogP contribution in [0, 0.1) is 12.7 Å². The molecule has 0 saturated heterocycles. The molecule has 2 aromatic rings. The lowest BCUT2D eigenvalue weighted by Gasteiger charge is -2.15.